The number of hydrogen-bond acceptors (Lipinski definition) is 0. The van der Waals surface area contributed by atoms with Crippen molar-refractivity contribution < 1.29 is 0 Å². The maximum Gasteiger partial charge on any atom is -0.0109 e. The first-order chi connectivity index (χ1) is 8.95. The van der Waals surface area contributed by atoms with Gasteiger partial charge in [0.15, 0.2) is 0 Å². The first-order valence-corrected chi connectivity index (χ1v) is 6.46. The van der Waals surface area contributed by atoms with E-state index in [0.29, 0.717) is 0 Å². The molecule has 1 aliphatic rings. The molecule has 0 heteroatoms. The first kappa shape index (κ1) is 11.0. The molecule has 0 bridgehead atoms. The van der Waals surface area contributed by atoms with Crippen LogP contribution in [0.25, 0.3) is 16.7 Å². The van der Waals surface area contributed by atoms with Gasteiger partial charge in [-0.25, -0.2) is 0 Å². The van der Waals surface area contributed by atoms with E-state index in [-0.39, 0.29) is 0 Å². The average molecular weight is 232 g/mol. The highest BCUT2D eigenvalue weighted by atomic mass is 14.1. The number of rotatable bonds is 2. The minimum absolute atomic E-state index is 1.14. The van der Waals surface area contributed by atoms with Crippen molar-refractivity contribution in [3.05, 3.63) is 78.4 Å². The highest BCUT2D eigenvalue weighted by Crippen LogP contribution is 2.32. The van der Waals surface area contributed by atoms with E-state index < -0.39 is 0 Å². The van der Waals surface area contributed by atoms with Gasteiger partial charge in [0, 0.05) is 0 Å². The molecule has 1 aliphatic carbocycles. The first-order valence-electron chi connectivity index (χ1n) is 6.46. The summed E-state index contributed by atoms with van der Waals surface area (Å²) in [7, 11) is 0. The smallest absolute Gasteiger partial charge is 0.0109 e. The van der Waals surface area contributed by atoms with E-state index in [2.05, 4.69) is 72.8 Å². The Morgan fingerprint density at radius 1 is 0.722 bits per heavy atom. The van der Waals surface area contributed by atoms with Crippen LogP contribution in [0, 0.1) is 0 Å². The molecule has 0 unspecified atom stereocenters. The molecule has 88 valence electrons. The zero-order valence-corrected chi connectivity index (χ0v) is 10.3. The maximum atomic E-state index is 2.24. The zero-order chi connectivity index (χ0) is 12.2. The standard InChI is InChI=1S/C18H16/c1-3-9-15(10-4-1)17-13-7-8-14-18(17)16-11-5-2-6-12-16/h1-5,7-11,13-14H,6,12H2. The van der Waals surface area contributed by atoms with Gasteiger partial charge < -0.3 is 0 Å². The van der Waals surface area contributed by atoms with Crippen molar-refractivity contribution in [2.24, 2.45) is 0 Å². The number of hydrogen-bond donors (Lipinski definition) is 0. The van der Waals surface area contributed by atoms with Crippen LogP contribution in [0.3, 0.4) is 0 Å². The van der Waals surface area contributed by atoms with E-state index in [1.165, 1.54) is 22.3 Å². The van der Waals surface area contributed by atoms with Crippen LogP contribution in [0.15, 0.2) is 72.8 Å². The highest BCUT2D eigenvalue weighted by molar-refractivity contribution is 5.82. The van der Waals surface area contributed by atoms with Crippen molar-refractivity contribution in [1.82, 2.24) is 0 Å². The Labute approximate surface area is 108 Å². The van der Waals surface area contributed by atoms with Crippen LogP contribution in [0.4, 0.5) is 0 Å². The molecule has 0 radical (unpaired) electrons. The predicted octanol–water partition coefficient (Wildman–Crippen LogP) is 5.09. The number of benzene rings is 2. The highest BCUT2D eigenvalue weighted by Gasteiger charge is 2.09. The van der Waals surface area contributed by atoms with Crippen LogP contribution in [0.2, 0.25) is 0 Å². The lowest BCUT2D eigenvalue weighted by Gasteiger charge is -2.14. The summed E-state index contributed by atoms with van der Waals surface area (Å²) < 4.78 is 0. The van der Waals surface area contributed by atoms with Gasteiger partial charge in [0.05, 0.1) is 0 Å². The maximum absolute atomic E-state index is 2.24. The van der Waals surface area contributed by atoms with Crippen molar-refractivity contribution in [3.63, 3.8) is 0 Å². The molecule has 0 aliphatic heterocycles. The van der Waals surface area contributed by atoms with E-state index >= 15 is 0 Å². The number of allylic oxidation sites excluding steroid dienone is 4. The van der Waals surface area contributed by atoms with Gasteiger partial charge in [-0.3, -0.25) is 0 Å². The second-order valence-corrected chi connectivity index (χ2v) is 4.57. The Kier molecular flexibility index (Phi) is 3.10. The van der Waals surface area contributed by atoms with Crippen molar-refractivity contribution >= 4 is 5.57 Å². The summed E-state index contributed by atoms with van der Waals surface area (Å²) in [4.78, 5) is 0. The van der Waals surface area contributed by atoms with Crippen LogP contribution in [-0.4, -0.2) is 0 Å². The van der Waals surface area contributed by atoms with Gasteiger partial charge in [-0.05, 0) is 35.1 Å². The second kappa shape index (κ2) is 5.05. The molecule has 0 saturated carbocycles. The fourth-order valence-corrected chi connectivity index (χ4v) is 2.46. The molecule has 0 atom stereocenters. The fourth-order valence-electron chi connectivity index (χ4n) is 2.46. The third kappa shape index (κ3) is 2.14. The summed E-state index contributed by atoms with van der Waals surface area (Å²) in [6.07, 6.45) is 8.93. The van der Waals surface area contributed by atoms with E-state index in [1.54, 1.807) is 0 Å². The Morgan fingerprint density at radius 2 is 1.44 bits per heavy atom. The molecule has 0 spiro atoms. The monoisotopic (exact) mass is 232 g/mol. The van der Waals surface area contributed by atoms with E-state index in [4.69, 9.17) is 0 Å². The zero-order valence-electron chi connectivity index (χ0n) is 10.3. The van der Waals surface area contributed by atoms with Crippen molar-refractivity contribution in [2.75, 3.05) is 0 Å². The molecule has 18 heavy (non-hydrogen) atoms. The van der Waals surface area contributed by atoms with Crippen LogP contribution < -0.4 is 0 Å². The van der Waals surface area contributed by atoms with Crippen molar-refractivity contribution in [3.8, 4) is 11.1 Å². The Bertz CT molecular complexity index is 588. The average Bonchev–Trinajstić information content (AvgIpc) is 2.49. The van der Waals surface area contributed by atoms with Gasteiger partial charge in [-0.15, -0.1) is 0 Å². The summed E-state index contributed by atoms with van der Waals surface area (Å²) in [6.45, 7) is 0. The third-order valence-corrected chi connectivity index (χ3v) is 3.37. The molecular weight excluding hydrogens is 216 g/mol. The lowest BCUT2D eigenvalue weighted by atomic mass is 9.90. The molecule has 0 nitrogen and oxygen atoms in total. The van der Waals surface area contributed by atoms with Crippen LogP contribution >= 0.6 is 0 Å². The Hall–Kier alpha value is -2.08. The normalized spacial score (nSPS) is 14.3. The van der Waals surface area contributed by atoms with Crippen molar-refractivity contribution in [2.45, 2.75) is 12.8 Å². The van der Waals surface area contributed by atoms with Crippen LogP contribution in [-0.2, 0) is 0 Å². The largest absolute Gasteiger partial charge is 0.0842 e. The Morgan fingerprint density at radius 3 is 2.17 bits per heavy atom. The summed E-state index contributed by atoms with van der Waals surface area (Å²) in [5, 5.41) is 0. The minimum Gasteiger partial charge on any atom is -0.0842 e. The van der Waals surface area contributed by atoms with E-state index in [9.17, 15) is 0 Å². The van der Waals surface area contributed by atoms with E-state index in [1.807, 2.05) is 0 Å². The Balaban J connectivity index is 2.11. The molecule has 0 aromatic heterocycles. The quantitative estimate of drug-likeness (QED) is 0.676. The minimum atomic E-state index is 1.14. The summed E-state index contributed by atoms with van der Waals surface area (Å²) in [5.41, 5.74) is 5.44. The third-order valence-electron chi connectivity index (χ3n) is 3.37. The van der Waals surface area contributed by atoms with Gasteiger partial charge >= 0.3 is 0 Å². The van der Waals surface area contributed by atoms with Crippen LogP contribution in [0.1, 0.15) is 18.4 Å². The molecule has 0 heterocycles. The summed E-state index contributed by atoms with van der Waals surface area (Å²) in [6, 6.07) is 19.3. The summed E-state index contributed by atoms with van der Waals surface area (Å²) in [5.74, 6) is 0. The topological polar surface area (TPSA) is 0 Å². The molecule has 0 amide bonds. The van der Waals surface area contributed by atoms with Gasteiger partial charge in [0.25, 0.3) is 0 Å². The molecule has 0 saturated heterocycles. The molecule has 0 fully saturated rings. The molecule has 2 aromatic rings. The fraction of sp³-hybridized carbons (Fsp3) is 0.111. The lowest BCUT2D eigenvalue weighted by Crippen LogP contribution is -1.91. The van der Waals surface area contributed by atoms with Gasteiger partial charge in [-0.1, -0.05) is 72.8 Å². The molecule has 0 N–H and O–H groups in total. The van der Waals surface area contributed by atoms with Gasteiger partial charge in [-0.2, -0.15) is 0 Å². The second-order valence-electron chi connectivity index (χ2n) is 4.57. The molecular formula is C18H16. The van der Waals surface area contributed by atoms with Crippen molar-refractivity contribution in [1.29, 1.82) is 0 Å². The SMILES string of the molecule is C1=CCCC(c2ccccc2-c2ccccc2)=C1. The predicted molar refractivity (Wildman–Crippen MR) is 78.2 cm³/mol. The summed E-state index contributed by atoms with van der Waals surface area (Å²) >= 11 is 0. The molecule has 2 aromatic carbocycles. The van der Waals surface area contributed by atoms with E-state index in [0.717, 1.165) is 12.8 Å². The lowest BCUT2D eigenvalue weighted by molar-refractivity contribution is 1.05. The van der Waals surface area contributed by atoms with Gasteiger partial charge in [0.1, 0.15) is 0 Å². The molecule has 3 rings (SSSR count). The van der Waals surface area contributed by atoms with Gasteiger partial charge in [0.2, 0.25) is 0 Å². The van der Waals surface area contributed by atoms with Crippen LogP contribution in [0.5, 0.6) is 0 Å².